The van der Waals surface area contributed by atoms with E-state index in [4.69, 9.17) is 10.1 Å². The Morgan fingerprint density at radius 2 is 1.46 bits per heavy atom. The number of rotatable bonds is 2. The zero-order valence-electron chi connectivity index (χ0n) is 14.1. The summed E-state index contributed by atoms with van der Waals surface area (Å²) in [7, 11) is 0. The third-order valence-electron chi connectivity index (χ3n) is 3.80. The summed E-state index contributed by atoms with van der Waals surface area (Å²) in [5.41, 5.74) is 3.05. The second-order valence-electron chi connectivity index (χ2n) is 5.65. The molecule has 2 heterocycles. The van der Waals surface area contributed by atoms with Crippen molar-refractivity contribution < 1.29 is 0 Å². The Morgan fingerprint density at radius 1 is 0.769 bits per heavy atom. The summed E-state index contributed by atoms with van der Waals surface area (Å²) in [6.07, 6.45) is 16.2. The van der Waals surface area contributed by atoms with E-state index in [1.54, 1.807) is 11.3 Å². The monoisotopic (exact) mass is 355 g/mol. The standard InChI is InChI=1S/C22H17N3S/c1-2-5-9-13-18(14-10-6-3-1)20-17-25-22(23-20)26-21(24-25)19-15-11-7-4-8-12-16-19/h1-17H/b2-1?,3-1?,5-2?,6-3?,7-4?,8-4?,9-5?,10-6?,11-7?,12-8?,13-9?,14-10?,15-11-,16-12?,18-13?,18-14?,19-15?,19-16+. The minimum atomic E-state index is 0.886. The van der Waals surface area contributed by atoms with Gasteiger partial charge < -0.3 is 0 Å². The second-order valence-corrected chi connectivity index (χ2v) is 6.60. The van der Waals surface area contributed by atoms with Crippen molar-refractivity contribution >= 4 is 21.9 Å². The summed E-state index contributed by atoms with van der Waals surface area (Å²) >= 11 is 1.59. The normalized spacial score (nSPS) is 16.4. The Morgan fingerprint density at radius 3 is 2.23 bits per heavy atom. The molecule has 1 aliphatic rings. The van der Waals surface area contributed by atoms with Crippen LogP contribution in [-0.4, -0.2) is 14.6 Å². The molecule has 3 nitrogen and oxygen atoms in total. The Kier molecular flexibility index (Phi) is 4.85. The number of aromatic nitrogens is 3. The number of hydrogen-bond donors (Lipinski definition) is 0. The van der Waals surface area contributed by atoms with Crippen LogP contribution in [0.4, 0.5) is 0 Å². The van der Waals surface area contributed by atoms with Gasteiger partial charge in [-0.3, -0.25) is 0 Å². The molecule has 126 valence electrons. The van der Waals surface area contributed by atoms with Gasteiger partial charge in [-0.15, -0.1) is 0 Å². The third kappa shape index (κ3) is 3.71. The van der Waals surface area contributed by atoms with Gasteiger partial charge in [-0.05, 0) is 0 Å². The summed E-state index contributed by atoms with van der Waals surface area (Å²) in [5.74, 6) is 0. The zero-order valence-corrected chi connectivity index (χ0v) is 14.9. The van der Waals surface area contributed by atoms with Crippen molar-refractivity contribution in [2.75, 3.05) is 0 Å². The average Bonchev–Trinajstić information content (AvgIpc) is 3.18. The lowest BCUT2D eigenvalue weighted by Crippen LogP contribution is -1.85. The van der Waals surface area contributed by atoms with E-state index < -0.39 is 0 Å². The quantitative estimate of drug-likeness (QED) is 0.595. The number of hydrogen-bond acceptors (Lipinski definition) is 3. The largest absolute Gasteiger partial charge is 0.217 e. The van der Waals surface area contributed by atoms with E-state index in [0.29, 0.717) is 0 Å². The lowest BCUT2D eigenvalue weighted by molar-refractivity contribution is 0.964. The second kappa shape index (κ2) is 7.76. The zero-order chi connectivity index (χ0) is 17.6. The molecule has 0 unspecified atom stereocenters. The predicted molar refractivity (Wildman–Crippen MR) is 109 cm³/mol. The van der Waals surface area contributed by atoms with Gasteiger partial charge >= 0.3 is 0 Å². The van der Waals surface area contributed by atoms with Crippen LogP contribution in [0.25, 0.3) is 21.8 Å². The average molecular weight is 355 g/mol. The van der Waals surface area contributed by atoms with Crippen molar-refractivity contribution in [2.45, 2.75) is 0 Å². The van der Waals surface area contributed by atoms with Gasteiger partial charge in [0.25, 0.3) is 0 Å². The van der Waals surface area contributed by atoms with Crippen molar-refractivity contribution in [3.8, 4) is 11.3 Å². The van der Waals surface area contributed by atoms with Crippen LogP contribution in [0.1, 0.15) is 5.01 Å². The maximum absolute atomic E-state index is 4.76. The molecule has 0 atom stereocenters. The molecule has 4 heteroatoms. The summed E-state index contributed by atoms with van der Waals surface area (Å²) in [5, 5.41) is 5.66. The van der Waals surface area contributed by atoms with Gasteiger partial charge in [0.15, 0.2) is 0 Å². The first-order chi connectivity index (χ1) is 12.9. The van der Waals surface area contributed by atoms with Crippen LogP contribution in [-0.2, 0) is 0 Å². The van der Waals surface area contributed by atoms with Crippen LogP contribution in [0.15, 0.2) is 103 Å². The predicted octanol–water partition coefficient (Wildman–Crippen LogP) is 5.65. The molecule has 26 heavy (non-hydrogen) atoms. The molecule has 0 N–H and O–H groups in total. The molecule has 1 aromatic carbocycles. The van der Waals surface area contributed by atoms with Crippen molar-refractivity contribution in [1.29, 1.82) is 0 Å². The first-order valence-corrected chi connectivity index (χ1v) is 9.19. The summed E-state index contributed by atoms with van der Waals surface area (Å²) in [6.45, 7) is 0. The fraction of sp³-hybridized carbons (Fsp3) is 0. The molecule has 0 saturated carbocycles. The smallest absolute Gasteiger partial charge is 0.213 e. The first-order valence-electron chi connectivity index (χ1n) is 8.37. The highest BCUT2D eigenvalue weighted by Gasteiger charge is 2.11. The van der Waals surface area contributed by atoms with Crippen molar-refractivity contribution in [1.82, 2.24) is 14.6 Å². The van der Waals surface area contributed by atoms with Crippen LogP contribution in [0.2, 0.25) is 0 Å². The Labute approximate surface area is 156 Å². The van der Waals surface area contributed by atoms with E-state index in [0.717, 1.165) is 26.8 Å². The molecule has 0 radical (unpaired) electrons. The minimum absolute atomic E-state index is 0.886. The lowest BCUT2D eigenvalue weighted by atomic mass is 10.2. The molecule has 4 rings (SSSR count). The van der Waals surface area contributed by atoms with Crippen LogP contribution in [0.3, 0.4) is 0 Å². The van der Waals surface area contributed by atoms with E-state index in [1.807, 2.05) is 83.6 Å². The van der Waals surface area contributed by atoms with E-state index in [2.05, 4.69) is 24.3 Å². The maximum Gasteiger partial charge on any atom is 0.213 e. The van der Waals surface area contributed by atoms with Gasteiger partial charge in [0, 0.05) is 11.1 Å². The molecule has 0 fully saturated rings. The molecule has 2 aromatic heterocycles. The van der Waals surface area contributed by atoms with E-state index in [9.17, 15) is 0 Å². The third-order valence-corrected chi connectivity index (χ3v) is 4.77. The topological polar surface area (TPSA) is 30.2 Å². The fourth-order valence-electron chi connectivity index (χ4n) is 2.53. The number of fused-ring (bicyclic) bond motifs is 1. The van der Waals surface area contributed by atoms with Crippen LogP contribution in [0, 0.1) is 0 Å². The summed E-state index contributed by atoms with van der Waals surface area (Å²) < 4.78 is 1.86. The van der Waals surface area contributed by atoms with E-state index in [-0.39, 0.29) is 0 Å². The van der Waals surface area contributed by atoms with E-state index in [1.165, 1.54) is 0 Å². The molecular weight excluding hydrogens is 338 g/mol. The summed E-state index contributed by atoms with van der Waals surface area (Å²) in [6, 6.07) is 18.2. The maximum atomic E-state index is 4.76. The van der Waals surface area contributed by atoms with Gasteiger partial charge in [0.2, 0.25) is 4.96 Å². The van der Waals surface area contributed by atoms with Gasteiger partial charge in [0.1, 0.15) is 5.01 Å². The molecule has 0 aliphatic heterocycles. The van der Waals surface area contributed by atoms with Crippen molar-refractivity contribution in [3.05, 3.63) is 108 Å². The van der Waals surface area contributed by atoms with E-state index >= 15 is 0 Å². The SMILES string of the molecule is C1=C/C=C\C(c2nn3cc(-c4ccccccccc4)nc3s2)=C/C=C1. The molecule has 0 saturated heterocycles. The highest BCUT2D eigenvalue weighted by Crippen LogP contribution is 2.26. The van der Waals surface area contributed by atoms with Gasteiger partial charge in [-0.25, -0.2) is 9.50 Å². The highest BCUT2D eigenvalue weighted by molar-refractivity contribution is 7.17. The van der Waals surface area contributed by atoms with Crippen LogP contribution < -0.4 is 0 Å². The molecule has 3 aromatic rings. The molecule has 0 bridgehead atoms. The minimum Gasteiger partial charge on any atom is -0.217 e. The Hall–Kier alpha value is -3.24. The van der Waals surface area contributed by atoms with Gasteiger partial charge in [0.05, 0.1) is 11.9 Å². The number of imidazole rings is 1. The molecule has 0 spiro atoms. The lowest BCUT2D eigenvalue weighted by Gasteiger charge is -1.95. The molecule has 0 amide bonds. The number of allylic oxidation sites excluding steroid dienone is 8. The molecular formula is C22H17N3S. The molecule has 1 aliphatic carbocycles. The van der Waals surface area contributed by atoms with Crippen LogP contribution >= 0.6 is 11.3 Å². The number of nitrogens with zero attached hydrogens (tertiary/aromatic N) is 3. The van der Waals surface area contributed by atoms with Gasteiger partial charge in [-0.2, -0.15) is 5.10 Å². The van der Waals surface area contributed by atoms with Crippen molar-refractivity contribution in [2.24, 2.45) is 0 Å². The Bertz CT molecular complexity index is 1040. The first kappa shape index (κ1) is 16.2. The highest BCUT2D eigenvalue weighted by atomic mass is 32.1. The summed E-state index contributed by atoms with van der Waals surface area (Å²) in [4.78, 5) is 5.65. The van der Waals surface area contributed by atoms with Crippen molar-refractivity contribution in [3.63, 3.8) is 0 Å². The van der Waals surface area contributed by atoms with Crippen LogP contribution in [0.5, 0.6) is 0 Å². The van der Waals surface area contributed by atoms with Gasteiger partial charge in [-0.1, -0.05) is 108 Å². The Balaban J connectivity index is 1.71. The fourth-order valence-corrected chi connectivity index (χ4v) is 3.42.